The Morgan fingerprint density at radius 3 is 2.65 bits per heavy atom. The molecule has 2 atom stereocenters. The van der Waals surface area contributed by atoms with E-state index in [-0.39, 0.29) is 12.1 Å². The van der Waals surface area contributed by atoms with E-state index in [1.54, 1.807) is 0 Å². The molecule has 0 aromatic heterocycles. The van der Waals surface area contributed by atoms with E-state index in [9.17, 15) is 0 Å². The molecule has 2 nitrogen and oxygen atoms in total. The number of benzene rings is 2. The van der Waals surface area contributed by atoms with Gasteiger partial charge in [-0.2, -0.15) is 0 Å². The Kier molecular flexibility index (Phi) is 2.49. The first-order chi connectivity index (χ1) is 8.22. The lowest BCUT2D eigenvalue weighted by molar-refractivity contribution is 0.216. The van der Waals surface area contributed by atoms with Crippen LogP contribution in [0.4, 0.5) is 0 Å². The van der Waals surface area contributed by atoms with Crippen LogP contribution in [0.25, 0.3) is 10.8 Å². The van der Waals surface area contributed by atoms with Crippen molar-refractivity contribution in [3.63, 3.8) is 0 Å². The maximum absolute atomic E-state index is 6.33. The van der Waals surface area contributed by atoms with E-state index in [0.29, 0.717) is 0 Å². The summed E-state index contributed by atoms with van der Waals surface area (Å²) in [6, 6.07) is 10.3. The van der Waals surface area contributed by atoms with Gasteiger partial charge in [-0.1, -0.05) is 35.9 Å². The molecule has 0 aliphatic carbocycles. The quantitative estimate of drug-likeness (QED) is 0.832. The molecule has 2 unspecified atom stereocenters. The van der Waals surface area contributed by atoms with Crippen LogP contribution in [0.1, 0.15) is 18.5 Å². The van der Waals surface area contributed by atoms with Crippen LogP contribution < -0.4 is 10.1 Å². The molecular formula is C14H14ClNO. The normalized spacial score (nSPS) is 22.5. The van der Waals surface area contributed by atoms with E-state index in [4.69, 9.17) is 16.3 Å². The van der Waals surface area contributed by atoms with Crippen LogP contribution in [0.2, 0.25) is 5.02 Å². The van der Waals surface area contributed by atoms with E-state index >= 15 is 0 Å². The van der Waals surface area contributed by atoms with Crippen molar-refractivity contribution in [2.45, 2.75) is 19.1 Å². The van der Waals surface area contributed by atoms with E-state index in [0.717, 1.165) is 27.1 Å². The fourth-order valence-corrected chi connectivity index (χ4v) is 2.87. The molecule has 0 radical (unpaired) electrons. The predicted octanol–water partition coefficient (Wildman–Crippen LogP) is 3.53. The highest BCUT2D eigenvalue weighted by atomic mass is 35.5. The van der Waals surface area contributed by atoms with Crippen LogP contribution in [-0.2, 0) is 0 Å². The molecular weight excluding hydrogens is 234 g/mol. The lowest BCUT2D eigenvalue weighted by Crippen LogP contribution is -2.25. The average molecular weight is 248 g/mol. The average Bonchev–Trinajstić information content (AvgIpc) is 2.66. The molecule has 3 heteroatoms. The molecule has 1 heterocycles. The highest BCUT2D eigenvalue weighted by molar-refractivity contribution is 6.36. The lowest BCUT2D eigenvalue weighted by Gasteiger charge is -2.12. The van der Waals surface area contributed by atoms with E-state index in [1.807, 2.05) is 31.3 Å². The largest absolute Gasteiger partial charge is 0.488 e. The Hall–Kier alpha value is -1.25. The molecule has 2 aromatic carbocycles. The molecule has 0 bridgehead atoms. The highest BCUT2D eigenvalue weighted by Gasteiger charge is 2.31. The van der Waals surface area contributed by atoms with Crippen molar-refractivity contribution in [3.8, 4) is 5.75 Å². The molecule has 0 saturated heterocycles. The van der Waals surface area contributed by atoms with Gasteiger partial charge >= 0.3 is 0 Å². The van der Waals surface area contributed by atoms with Crippen molar-refractivity contribution in [2.24, 2.45) is 0 Å². The summed E-state index contributed by atoms with van der Waals surface area (Å²) in [5.74, 6) is 0.969. The summed E-state index contributed by atoms with van der Waals surface area (Å²) in [6.45, 7) is 2.07. The van der Waals surface area contributed by atoms with Gasteiger partial charge in [0.25, 0.3) is 0 Å². The van der Waals surface area contributed by atoms with Gasteiger partial charge in [0.1, 0.15) is 11.9 Å². The smallest absolute Gasteiger partial charge is 0.132 e. The third-order valence-electron chi connectivity index (χ3n) is 3.39. The Morgan fingerprint density at radius 2 is 1.94 bits per heavy atom. The van der Waals surface area contributed by atoms with Crippen LogP contribution in [-0.4, -0.2) is 13.2 Å². The molecule has 1 aliphatic heterocycles. The number of halogens is 1. The third-order valence-corrected chi connectivity index (χ3v) is 3.71. The first kappa shape index (κ1) is 10.9. The molecule has 3 rings (SSSR count). The predicted molar refractivity (Wildman–Crippen MR) is 70.8 cm³/mol. The van der Waals surface area contributed by atoms with Crippen molar-refractivity contribution in [1.29, 1.82) is 0 Å². The molecule has 2 aromatic rings. The summed E-state index contributed by atoms with van der Waals surface area (Å²) in [4.78, 5) is 0. The highest BCUT2D eigenvalue weighted by Crippen LogP contribution is 2.44. The molecule has 1 aliphatic rings. The summed E-state index contributed by atoms with van der Waals surface area (Å²) < 4.78 is 5.96. The standard InChI is InChI=1S/C14H14ClNO/c1-8-13(16-2)11-7-12(15)9-5-3-4-6-10(9)14(11)17-8/h3-8,13,16H,1-2H3. The van der Waals surface area contributed by atoms with Crippen molar-refractivity contribution in [3.05, 3.63) is 40.9 Å². The van der Waals surface area contributed by atoms with Crippen molar-refractivity contribution in [1.82, 2.24) is 5.32 Å². The zero-order valence-electron chi connectivity index (χ0n) is 9.83. The number of hydrogen-bond acceptors (Lipinski definition) is 2. The first-order valence-electron chi connectivity index (χ1n) is 5.77. The number of rotatable bonds is 1. The van der Waals surface area contributed by atoms with Gasteiger partial charge in [0.15, 0.2) is 0 Å². The van der Waals surface area contributed by atoms with Gasteiger partial charge in [-0.25, -0.2) is 0 Å². The zero-order valence-corrected chi connectivity index (χ0v) is 10.6. The topological polar surface area (TPSA) is 21.3 Å². The zero-order chi connectivity index (χ0) is 12.0. The Bertz CT molecular complexity index is 582. The minimum absolute atomic E-state index is 0.136. The Labute approximate surface area is 106 Å². The van der Waals surface area contributed by atoms with Crippen LogP contribution in [0.5, 0.6) is 5.75 Å². The van der Waals surface area contributed by atoms with Gasteiger partial charge < -0.3 is 10.1 Å². The van der Waals surface area contributed by atoms with Crippen molar-refractivity contribution in [2.75, 3.05) is 7.05 Å². The number of likely N-dealkylation sites (N-methyl/N-ethyl adjacent to an activating group) is 1. The van der Waals surface area contributed by atoms with Crippen LogP contribution in [0, 0.1) is 0 Å². The van der Waals surface area contributed by atoms with Gasteiger partial charge in [0, 0.05) is 21.4 Å². The summed E-state index contributed by atoms with van der Waals surface area (Å²) >= 11 is 6.33. The van der Waals surface area contributed by atoms with Crippen LogP contribution in [0.15, 0.2) is 30.3 Å². The van der Waals surface area contributed by atoms with E-state index < -0.39 is 0 Å². The summed E-state index contributed by atoms with van der Waals surface area (Å²) in [6.07, 6.45) is 0.136. The maximum atomic E-state index is 6.33. The summed E-state index contributed by atoms with van der Waals surface area (Å²) in [5.41, 5.74) is 1.16. The second-order valence-corrected chi connectivity index (χ2v) is 4.82. The van der Waals surface area contributed by atoms with E-state index in [1.165, 1.54) is 0 Å². The number of ether oxygens (including phenoxy) is 1. The Balaban J connectivity index is 2.32. The van der Waals surface area contributed by atoms with Gasteiger partial charge in [-0.05, 0) is 20.0 Å². The van der Waals surface area contributed by atoms with Crippen LogP contribution in [0.3, 0.4) is 0 Å². The molecule has 88 valence electrons. The number of hydrogen-bond donors (Lipinski definition) is 1. The molecule has 17 heavy (non-hydrogen) atoms. The minimum Gasteiger partial charge on any atom is -0.488 e. The number of nitrogens with one attached hydrogen (secondary N) is 1. The molecule has 0 fully saturated rings. The molecule has 0 saturated carbocycles. The monoisotopic (exact) mass is 247 g/mol. The second kappa shape index (κ2) is 3.90. The van der Waals surface area contributed by atoms with Crippen molar-refractivity contribution < 1.29 is 4.74 Å². The van der Waals surface area contributed by atoms with Crippen LogP contribution >= 0.6 is 11.6 Å². The van der Waals surface area contributed by atoms with Crippen molar-refractivity contribution >= 4 is 22.4 Å². The second-order valence-electron chi connectivity index (χ2n) is 4.41. The minimum atomic E-state index is 0.136. The molecule has 1 N–H and O–H groups in total. The SMILES string of the molecule is CNC1c2cc(Cl)c3ccccc3c2OC1C. The molecule has 0 spiro atoms. The fourth-order valence-electron chi connectivity index (χ4n) is 2.58. The van der Waals surface area contributed by atoms with Gasteiger partial charge in [-0.3, -0.25) is 0 Å². The van der Waals surface area contributed by atoms with Gasteiger partial charge in [0.2, 0.25) is 0 Å². The maximum Gasteiger partial charge on any atom is 0.132 e. The Morgan fingerprint density at radius 1 is 1.24 bits per heavy atom. The van der Waals surface area contributed by atoms with Gasteiger partial charge in [0.05, 0.1) is 6.04 Å². The van der Waals surface area contributed by atoms with E-state index in [2.05, 4.69) is 18.3 Å². The summed E-state index contributed by atoms with van der Waals surface area (Å²) in [7, 11) is 1.95. The fraction of sp³-hybridized carbons (Fsp3) is 0.286. The molecule has 0 amide bonds. The summed E-state index contributed by atoms with van der Waals surface area (Å²) in [5, 5.41) is 6.22. The number of fused-ring (bicyclic) bond motifs is 3. The third kappa shape index (κ3) is 1.52. The van der Waals surface area contributed by atoms with Gasteiger partial charge in [-0.15, -0.1) is 0 Å². The lowest BCUT2D eigenvalue weighted by atomic mass is 10.0. The first-order valence-corrected chi connectivity index (χ1v) is 6.15.